The van der Waals surface area contributed by atoms with Gasteiger partial charge < -0.3 is 9.64 Å². The van der Waals surface area contributed by atoms with Crippen molar-refractivity contribution < 1.29 is 4.74 Å². The number of ether oxygens (including phenoxy) is 1. The smallest absolute Gasteiger partial charge is 0.259 e. The van der Waals surface area contributed by atoms with Crippen LogP contribution in [0.1, 0.15) is 47.5 Å². The van der Waals surface area contributed by atoms with E-state index in [1.54, 1.807) is 0 Å². The Labute approximate surface area is 93.6 Å². The molecule has 0 N–H and O–H groups in total. The van der Waals surface area contributed by atoms with Gasteiger partial charge in [0, 0.05) is 12.1 Å². The van der Waals surface area contributed by atoms with Crippen molar-refractivity contribution in [3.8, 4) is 0 Å². The van der Waals surface area contributed by atoms with E-state index in [9.17, 15) is 0 Å². The first-order chi connectivity index (χ1) is 6.58. The number of thiocarbonyl (C=S) groups is 1. The fraction of sp³-hybridized carbons (Fsp3) is 0.909. The topological polar surface area (TPSA) is 12.5 Å². The van der Waals surface area contributed by atoms with Crippen LogP contribution in [-0.4, -0.2) is 28.8 Å². The highest BCUT2D eigenvalue weighted by atomic mass is 32.1. The first kappa shape index (κ1) is 13.7. The van der Waals surface area contributed by atoms with E-state index in [2.05, 4.69) is 32.6 Å². The van der Waals surface area contributed by atoms with Gasteiger partial charge in [-0.25, -0.2) is 0 Å². The third-order valence-corrected chi connectivity index (χ3v) is 2.94. The number of hydrogen-bond acceptors (Lipinski definition) is 2. The summed E-state index contributed by atoms with van der Waals surface area (Å²) >= 11 is 5.26. The van der Waals surface area contributed by atoms with Crippen molar-refractivity contribution in [3.05, 3.63) is 0 Å². The predicted octanol–water partition coefficient (Wildman–Crippen LogP) is 3.21. The molecule has 0 radical (unpaired) electrons. The first-order valence-corrected chi connectivity index (χ1v) is 5.94. The number of nitrogens with zero attached hydrogens (tertiary/aromatic N) is 1. The summed E-state index contributed by atoms with van der Waals surface area (Å²) in [5, 5.41) is 0.649. The lowest BCUT2D eigenvalue weighted by Gasteiger charge is -2.35. The van der Waals surface area contributed by atoms with Gasteiger partial charge in [0.25, 0.3) is 5.17 Å². The Morgan fingerprint density at radius 2 is 1.57 bits per heavy atom. The van der Waals surface area contributed by atoms with Crippen LogP contribution in [0.25, 0.3) is 0 Å². The van der Waals surface area contributed by atoms with Crippen LogP contribution in [0.5, 0.6) is 0 Å². The molecule has 0 heterocycles. The molecule has 0 rings (SSSR count). The molecule has 14 heavy (non-hydrogen) atoms. The first-order valence-electron chi connectivity index (χ1n) is 5.53. The van der Waals surface area contributed by atoms with E-state index in [0.29, 0.717) is 23.9 Å². The Morgan fingerprint density at radius 1 is 1.14 bits per heavy atom. The Morgan fingerprint density at radius 3 is 1.86 bits per heavy atom. The molecule has 0 aliphatic rings. The largest absolute Gasteiger partial charge is 0.471 e. The highest BCUT2D eigenvalue weighted by Crippen LogP contribution is 2.13. The molecule has 3 heteroatoms. The van der Waals surface area contributed by atoms with Gasteiger partial charge in [-0.2, -0.15) is 0 Å². The van der Waals surface area contributed by atoms with Crippen molar-refractivity contribution in [1.29, 1.82) is 0 Å². The molecule has 2 atom stereocenters. The molecule has 0 saturated carbocycles. The number of rotatable bonds is 5. The molecule has 0 spiro atoms. The Hall–Kier alpha value is -0.310. The normalized spacial score (nSPS) is 14.6. The lowest BCUT2D eigenvalue weighted by Crippen LogP contribution is -2.44. The molecule has 0 aromatic rings. The Kier molecular flexibility index (Phi) is 6.89. The molecule has 0 amide bonds. The van der Waals surface area contributed by atoms with Crippen molar-refractivity contribution in [3.63, 3.8) is 0 Å². The van der Waals surface area contributed by atoms with Crippen LogP contribution in [0.15, 0.2) is 0 Å². The average molecular weight is 217 g/mol. The SMILES string of the molecule is CCOC(=S)N(C(C)CC)C(C)CC. The van der Waals surface area contributed by atoms with E-state index >= 15 is 0 Å². The third-order valence-electron chi connectivity index (χ3n) is 2.61. The van der Waals surface area contributed by atoms with Crippen molar-refractivity contribution in [1.82, 2.24) is 4.90 Å². The summed E-state index contributed by atoms with van der Waals surface area (Å²) in [7, 11) is 0. The molecule has 0 aliphatic carbocycles. The lowest BCUT2D eigenvalue weighted by molar-refractivity contribution is 0.181. The van der Waals surface area contributed by atoms with Crippen LogP contribution in [0.4, 0.5) is 0 Å². The van der Waals surface area contributed by atoms with Crippen LogP contribution in [0, 0.1) is 0 Å². The van der Waals surface area contributed by atoms with Gasteiger partial charge in [0.15, 0.2) is 0 Å². The monoisotopic (exact) mass is 217 g/mol. The van der Waals surface area contributed by atoms with E-state index < -0.39 is 0 Å². The fourth-order valence-electron chi connectivity index (χ4n) is 1.39. The second kappa shape index (κ2) is 7.04. The molecule has 0 saturated heterocycles. The number of hydrogen-bond donors (Lipinski definition) is 0. The van der Waals surface area contributed by atoms with Crippen molar-refractivity contribution in [2.75, 3.05) is 6.61 Å². The zero-order chi connectivity index (χ0) is 11.1. The maximum Gasteiger partial charge on any atom is 0.259 e. The molecule has 0 aromatic heterocycles. The van der Waals surface area contributed by atoms with Gasteiger partial charge in [-0.1, -0.05) is 13.8 Å². The second-order valence-corrected chi connectivity index (χ2v) is 3.97. The van der Waals surface area contributed by atoms with Crippen molar-refractivity contribution in [2.45, 2.75) is 59.5 Å². The van der Waals surface area contributed by atoms with Gasteiger partial charge in [-0.05, 0) is 45.8 Å². The van der Waals surface area contributed by atoms with Crippen LogP contribution in [0.2, 0.25) is 0 Å². The highest BCUT2D eigenvalue weighted by Gasteiger charge is 2.21. The summed E-state index contributed by atoms with van der Waals surface area (Å²) in [5.74, 6) is 0. The maximum atomic E-state index is 5.41. The minimum atomic E-state index is 0.462. The van der Waals surface area contributed by atoms with Gasteiger partial charge in [-0.3, -0.25) is 0 Å². The average Bonchev–Trinajstić information content (AvgIpc) is 2.17. The molecule has 2 nitrogen and oxygen atoms in total. The molecular weight excluding hydrogens is 194 g/mol. The zero-order valence-electron chi connectivity index (χ0n) is 10.0. The molecule has 0 aliphatic heterocycles. The van der Waals surface area contributed by atoms with Gasteiger partial charge in [0.2, 0.25) is 0 Å². The Bertz CT molecular complexity index is 163. The zero-order valence-corrected chi connectivity index (χ0v) is 10.9. The minimum absolute atomic E-state index is 0.462. The molecule has 0 aromatic carbocycles. The van der Waals surface area contributed by atoms with E-state index in [0.717, 1.165) is 12.8 Å². The van der Waals surface area contributed by atoms with E-state index in [1.165, 1.54) is 0 Å². The molecule has 84 valence electrons. The summed E-state index contributed by atoms with van der Waals surface area (Å²) < 4.78 is 5.41. The van der Waals surface area contributed by atoms with E-state index in [4.69, 9.17) is 17.0 Å². The van der Waals surface area contributed by atoms with Crippen molar-refractivity contribution in [2.24, 2.45) is 0 Å². The molecule has 0 bridgehead atoms. The quantitative estimate of drug-likeness (QED) is 0.656. The summed E-state index contributed by atoms with van der Waals surface area (Å²) in [4.78, 5) is 2.21. The van der Waals surface area contributed by atoms with Crippen LogP contribution in [0.3, 0.4) is 0 Å². The highest BCUT2D eigenvalue weighted by molar-refractivity contribution is 7.80. The van der Waals surface area contributed by atoms with Gasteiger partial charge in [0.1, 0.15) is 0 Å². The van der Waals surface area contributed by atoms with Crippen LogP contribution in [-0.2, 0) is 4.74 Å². The van der Waals surface area contributed by atoms with Gasteiger partial charge >= 0.3 is 0 Å². The van der Waals surface area contributed by atoms with Crippen molar-refractivity contribution >= 4 is 17.4 Å². The van der Waals surface area contributed by atoms with E-state index in [1.807, 2.05) is 6.92 Å². The fourth-order valence-corrected chi connectivity index (χ4v) is 1.86. The van der Waals surface area contributed by atoms with Gasteiger partial charge in [-0.15, -0.1) is 0 Å². The Balaban J connectivity index is 4.45. The van der Waals surface area contributed by atoms with Crippen LogP contribution >= 0.6 is 12.2 Å². The second-order valence-electron chi connectivity index (χ2n) is 3.62. The minimum Gasteiger partial charge on any atom is -0.471 e. The summed E-state index contributed by atoms with van der Waals surface area (Å²) in [6, 6.07) is 0.924. The molecule has 2 unspecified atom stereocenters. The lowest BCUT2D eigenvalue weighted by atomic mass is 10.1. The molecule has 0 fully saturated rings. The van der Waals surface area contributed by atoms with Crippen LogP contribution < -0.4 is 0 Å². The summed E-state index contributed by atoms with van der Waals surface area (Å²) in [6.07, 6.45) is 2.19. The standard InChI is InChI=1S/C11H23NOS/c1-6-9(4)12(10(5)7-2)11(14)13-8-3/h9-10H,6-8H2,1-5H3. The third kappa shape index (κ3) is 3.82. The van der Waals surface area contributed by atoms with Gasteiger partial charge in [0.05, 0.1) is 6.61 Å². The predicted molar refractivity (Wildman–Crippen MR) is 65.6 cm³/mol. The summed E-state index contributed by atoms with van der Waals surface area (Å²) in [6.45, 7) is 11.4. The summed E-state index contributed by atoms with van der Waals surface area (Å²) in [5.41, 5.74) is 0. The van der Waals surface area contributed by atoms with E-state index in [-0.39, 0.29) is 0 Å². The molecular formula is C11H23NOS. The maximum absolute atomic E-state index is 5.41.